The van der Waals surface area contributed by atoms with Crippen LogP contribution in [0.4, 0.5) is 0 Å². The lowest BCUT2D eigenvalue weighted by Crippen LogP contribution is -2.46. The van der Waals surface area contributed by atoms with Crippen molar-refractivity contribution in [1.82, 2.24) is 10.2 Å². The third kappa shape index (κ3) is 2.73. The van der Waals surface area contributed by atoms with E-state index in [9.17, 15) is 0 Å². The fourth-order valence-electron chi connectivity index (χ4n) is 3.25. The maximum absolute atomic E-state index is 3.51. The quantitative estimate of drug-likeness (QED) is 0.752. The van der Waals surface area contributed by atoms with Gasteiger partial charge >= 0.3 is 0 Å². The molecule has 2 heteroatoms. The first-order valence-electron chi connectivity index (χ1n) is 6.75. The van der Waals surface area contributed by atoms with Gasteiger partial charge in [-0.25, -0.2) is 0 Å². The van der Waals surface area contributed by atoms with Gasteiger partial charge in [0.1, 0.15) is 0 Å². The van der Waals surface area contributed by atoms with E-state index in [1.165, 1.54) is 51.7 Å². The minimum absolute atomic E-state index is 0.823. The van der Waals surface area contributed by atoms with Crippen molar-refractivity contribution in [3.05, 3.63) is 0 Å². The molecule has 0 aromatic rings. The largest absolute Gasteiger partial charge is 0.315 e. The Morgan fingerprint density at radius 1 is 1.13 bits per heavy atom. The van der Waals surface area contributed by atoms with Crippen LogP contribution in [0.2, 0.25) is 0 Å². The highest BCUT2D eigenvalue weighted by atomic mass is 15.2. The molecular formula is C13H26N2. The molecule has 0 aliphatic carbocycles. The van der Waals surface area contributed by atoms with Gasteiger partial charge in [0.2, 0.25) is 0 Å². The molecule has 88 valence electrons. The van der Waals surface area contributed by atoms with Gasteiger partial charge in [-0.2, -0.15) is 0 Å². The van der Waals surface area contributed by atoms with Gasteiger partial charge in [-0.15, -0.1) is 0 Å². The van der Waals surface area contributed by atoms with Crippen molar-refractivity contribution in [3.63, 3.8) is 0 Å². The van der Waals surface area contributed by atoms with Crippen molar-refractivity contribution in [3.8, 4) is 0 Å². The zero-order valence-corrected chi connectivity index (χ0v) is 10.3. The molecule has 0 spiro atoms. The van der Waals surface area contributed by atoms with Crippen LogP contribution >= 0.6 is 0 Å². The van der Waals surface area contributed by atoms with Crippen molar-refractivity contribution in [2.75, 3.05) is 19.6 Å². The van der Waals surface area contributed by atoms with Crippen molar-refractivity contribution >= 4 is 0 Å². The lowest BCUT2D eigenvalue weighted by atomic mass is 9.96. The molecule has 2 saturated heterocycles. The first-order chi connectivity index (χ1) is 7.29. The van der Waals surface area contributed by atoms with E-state index in [2.05, 4.69) is 24.1 Å². The molecule has 0 bridgehead atoms. The SMILES string of the molecule is CC(C)C1CCCCCN1C1CCNC1. The number of nitrogens with zero attached hydrogens (tertiary/aromatic N) is 1. The minimum Gasteiger partial charge on any atom is -0.315 e. The average Bonchev–Trinajstić information content (AvgIpc) is 2.61. The molecule has 0 aromatic carbocycles. The van der Waals surface area contributed by atoms with Gasteiger partial charge in [0.25, 0.3) is 0 Å². The molecule has 2 unspecified atom stereocenters. The Morgan fingerprint density at radius 2 is 2.00 bits per heavy atom. The summed E-state index contributed by atoms with van der Waals surface area (Å²) in [6, 6.07) is 1.67. The molecular weight excluding hydrogens is 184 g/mol. The van der Waals surface area contributed by atoms with Crippen LogP contribution in [0.5, 0.6) is 0 Å². The topological polar surface area (TPSA) is 15.3 Å². The second kappa shape index (κ2) is 5.31. The highest BCUT2D eigenvalue weighted by Gasteiger charge is 2.30. The Morgan fingerprint density at radius 3 is 2.67 bits per heavy atom. The first kappa shape index (κ1) is 11.4. The summed E-state index contributed by atoms with van der Waals surface area (Å²) in [5.41, 5.74) is 0. The van der Waals surface area contributed by atoms with Crippen LogP contribution in [-0.4, -0.2) is 36.6 Å². The molecule has 2 nitrogen and oxygen atoms in total. The van der Waals surface area contributed by atoms with Gasteiger partial charge in [-0.1, -0.05) is 26.7 Å². The standard InChI is InChI=1S/C13H26N2/c1-11(2)13-6-4-3-5-9-15(13)12-7-8-14-10-12/h11-14H,3-10H2,1-2H3. The summed E-state index contributed by atoms with van der Waals surface area (Å²) < 4.78 is 0. The molecule has 2 aliphatic heterocycles. The second-order valence-corrected chi connectivity index (χ2v) is 5.55. The van der Waals surface area contributed by atoms with Crippen molar-refractivity contribution in [1.29, 1.82) is 0 Å². The van der Waals surface area contributed by atoms with Crippen molar-refractivity contribution < 1.29 is 0 Å². The van der Waals surface area contributed by atoms with Crippen LogP contribution in [0.1, 0.15) is 46.0 Å². The van der Waals surface area contributed by atoms with Crippen molar-refractivity contribution in [2.24, 2.45) is 5.92 Å². The van der Waals surface area contributed by atoms with E-state index < -0.39 is 0 Å². The predicted molar refractivity (Wildman–Crippen MR) is 65.1 cm³/mol. The van der Waals surface area contributed by atoms with Crippen LogP contribution in [0.25, 0.3) is 0 Å². The van der Waals surface area contributed by atoms with E-state index in [4.69, 9.17) is 0 Å². The molecule has 0 amide bonds. The Hall–Kier alpha value is -0.0800. The fraction of sp³-hybridized carbons (Fsp3) is 1.00. The molecule has 2 fully saturated rings. The molecule has 0 aromatic heterocycles. The Bertz CT molecular complexity index is 185. The molecule has 2 heterocycles. The van der Waals surface area contributed by atoms with Crippen LogP contribution < -0.4 is 5.32 Å². The maximum Gasteiger partial charge on any atom is 0.0235 e. The van der Waals surface area contributed by atoms with E-state index in [0.717, 1.165) is 18.0 Å². The minimum atomic E-state index is 0.823. The highest BCUT2D eigenvalue weighted by Crippen LogP contribution is 2.26. The summed E-state index contributed by atoms with van der Waals surface area (Å²) >= 11 is 0. The Balaban J connectivity index is 2.01. The summed E-state index contributed by atoms with van der Waals surface area (Å²) in [6.45, 7) is 8.58. The third-order valence-electron chi connectivity index (χ3n) is 4.12. The van der Waals surface area contributed by atoms with Crippen LogP contribution in [0, 0.1) is 5.92 Å². The van der Waals surface area contributed by atoms with E-state index >= 15 is 0 Å². The van der Waals surface area contributed by atoms with Gasteiger partial charge in [-0.05, 0) is 38.3 Å². The number of rotatable bonds is 2. The monoisotopic (exact) mass is 210 g/mol. The zero-order valence-electron chi connectivity index (χ0n) is 10.3. The van der Waals surface area contributed by atoms with Gasteiger partial charge in [0.15, 0.2) is 0 Å². The number of likely N-dealkylation sites (tertiary alicyclic amines) is 1. The van der Waals surface area contributed by atoms with E-state index in [-0.39, 0.29) is 0 Å². The Labute approximate surface area is 94.4 Å². The van der Waals surface area contributed by atoms with E-state index in [1.54, 1.807) is 0 Å². The summed E-state index contributed by atoms with van der Waals surface area (Å²) in [5.74, 6) is 0.823. The fourth-order valence-corrected chi connectivity index (χ4v) is 3.25. The normalized spacial score (nSPS) is 34.6. The Kier molecular flexibility index (Phi) is 4.04. The molecule has 0 saturated carbocycles. The van der Waals surface area contributed by atoms with Gasteiger partial charge < -0.3 is 5.32 Å². The molecule has 1 N–H and O–H groups in total. The smallest absolute Gasteiger partial charge is 0.0235 e. The maximum atomic E-state index is 3.51. The molecule has 2 atom stereocenters. The molecule has 2 aliphatic rings. The summed E-state index contributed by atoms with van der Waals surface area (Å²) in [4.78, 5) is 2.82. The van der Waals surface area contributed by atoms with E-state index in [0.29, 0.717) is 0 Å². The molecule has 2 rings (SSSR count). The van der Waals surface area contributed by atoms with Crippen LogP contribution in [-0.2, 0) is 0 Å². The van der Waals surface area contributed by atoms with Gasteiger partial charge in [0, 0.05) is 18.6 Å². The lowest BCUT2D eigenvalue weighted by molar-refractivity contribution is 0.112. The van der Waals surface area contributed by atoms with Crippen LogP contribution in [0.15, 0.2) is 0 Å². The van der Waals surface area contributed by atoms with Gasteiger partial charge in [0.05, 0.1) is 0 Å². The number of hydrogen-bond acceptors (Lipinski definition) is 2. The van der Waals surface area contributed by atoms with Crippen LogP contribution in [0.3, 0.4) is 0 Å². The molecule has 0 radical (unpaired) electrons. The van der Waals surface area contributed by atoms with Crippen molar-refractivity contribution in [2.45, 2.75) is 58.0 Å². The summed E-state index contributed by atoms with van der Waals surface area (Å²) in [7, 11) is 0. The highest BCUT2D eigenvalue weighted by molar-refractivity contribution is 4.87. The predicted octanol–water partition coefficient (Wildman–Crippen LogP) is 2.25. The number of nitrogens with one attached hydrogen (secondary N) is 1. The molecule has 15 heavy (non-hydrogen) atoms. The summed E-state index contributed by atoms with van der Waals surface area (Å²) in [5, 5.41) is 3.51. The lowest BCUT2D eigenvalue weighted by Gasteiger charge is -2.37. The summed E-state index contributed by atoms with van der Waals surface area (Å²) in [6.07, 6.45) is 7.09. The number of hydrogen-bond donors (Lipinski definition) is 1. The first-order valence-corrected chi connectivity index (χ1v) is 6.75. The van der Waals surface area contributed by atoms with Gasteiger partial charge in [-0.3, -0.25) is 4.90 Å². The second-order valence-electron chi connectivity index (χ2n) is 5.55. The third-order valence-corrected chi connectivity index (χ3v) is 4.12. The zero-order chi connectivity index (χ0) is 10.7. The van der Waals surface area contributed by atoms with E-state index in [1.807, 2.05) is 0 Å². The average molecular weight is 210 g/mol.